The molecule has 0 saturated heterocycles. The van der Waals surface area contributed by atoms with E-state index in [1.165, 1.54) is 24.7 Å². The SMILES string of the molecule is O=C(O)C=Cc1ccc(C(=O)NCCc2ncn[nH]2)nc1. The van der Waals surface area contributed by atoms with Gasteiger partial charge in [0.2, 0.25) is 0 Å². The summed E-state index contributed by atoms with van der Waals surface area (Å²) in [6.07, 6.45) is 5.80. The molecule has 0 aromatic carbocycles. The Morgan fingerprint density at radius 1 is 1.33 bits per heavy atom. The van der Waals surface area contributed by atoms with Crippen LogP contribution in [-0.2, 0) is 11.2 Å². The van der Waals surface area contributed by atoms with E-state index in [0.717, 1.165) is 6.08 Å². The van der Waals surface area contributed by atoms with E-state index in [1.807, 2.05) is 0 Å². The molecule has 0 saturated carbocycles. The summed E-state index contributed by atoms with van der Waals surface area (Å²) in [7, 11) is 0. The Labute approximate surface area is 119 Å². The highest BCUT2D eigenvalue weighted by molar-refractivity contribution is 5.92. The summed E-state index contributed by atoms with van der Waals surface area (Å²) in [4.78, 5) is 30.1. The lowest BCUT2D eigenvalue weighted by atomic mass is 10.2. The molecule has 0 fully saturated rings. The molecule has 0 bridgehead atoms. The Hall–Kier alpha value is -3.03. The third-order valence-corrected chi connectivity index (χ3v) is 2.55. The number of aromatic amines is 1. The highest BCUT2D eigenvalue weighted by Crippen LogP contribution is 2.02. The van der Waals surface area contributed by atoms with Gasteiger partial charge in [0.05, 0.1) is 0 Å². The van der Waals surface area contributed by atoms with Gasteiger partial charge in [0.25, 0.3) is 5.91 Å². The van der Waals surface area contributed by atoms with E-state index in [9.17, 15) is 9.59 Å². The predicted octanol–water partition coefficient (Wildman–Crippen LogP) is 0.270. The van der Waals surface area contributed by atoms with Crippen molar-refractivity contribution in [2.24, 2.45) is 0 Å². The number of nitrogens with zero attached hydrogens (tertiary/aromatic N) is 3. The van der Waals surface area contributed by atoms with Crippen molar-refractivity contribution >= 4 is 18.0 Å². The third kappa shape index (κ3) is 4.53. The van der Waals surface area contributed by atoms with Crippen molar-refractivity contribution in [1.82, 2.24) is 25.5 Å². The summed E-state index contributed by atoms with van der Waals surface area (Å²) < 4.78 is 0. The minimum absolute atomic E-state index is 0.264. The lowest BCUT2D eigenvalue weighted by Crippen LogP contribution is -2.26. The van der Waals surface area contributed by atoms with Crippen molar-refractivity contribution in [2.45, 2.75) is 6.42 Å². The molecule has 2 aromatic heterocycles. The molecule has 1 amide bonds. The lowest BCUT2D eigenvalue weighted by molar-refractivity contribution is -0.131. The van der Waals surface area contributed by atoms with Gasteiger partial charge in [0.1, 0.15) is 17.8 Å². The second-order valence-corrected chi connectivity index (χ2v) is 4.09. The van der Waals surface area contributed by atoms with Gasteiger partial charge in [0.15, 0.2) is 0 Å². The second kappa shape index (κ2) is 6.94. The molecular weight excluding hydrogens is 274 g/mol. The van der Waals surface area contributed by atoms with E-state index in [1.54, 1.807) is 6.07 Å². The molecule has 2 heterocycles. The van der Waals surface area contributed by atoms with Gasteiger partial charge in [-0.2, -0.15) is 5.10 Å². The number of rotatable bonds is 6. The molecule has 2 rings (SSSR count). The number of aliphatic carboxylic acids is 1. The number of carboxylic acids is 1. The number of nitrogens with one attached hydrogen (secondary N) is 2. The van der Waals surface area contributed by atoms with Crippen LogP contribution in [0, 0.1) is 0 Å². The van der Waals surface area contributed by atoms with Gasteiger partial charge >= 0.3 is 5.97 Å². The van der Waals surface area contributed by atoms with Crippen molar-refractivity contribution in [3.8, 4) is 0 Å². The molecule has 8 nitrogen and oxygen atoms in total. The number of aromatic nitrogens is 4. The Bertz CT molecular complexity index is 634. The number of carboxylic acid groups (broad SMARTS) is 1. The molecule has 0 radical (unpaired) electrons. The van der Waals surface area contributed by atoms with Gasteiger partial charge in [-0.25, -0.2) is 9.78 Å². The average Bonchev–Trinajstić information content (AvgIpc) is 2.99. The maximum Gasteiger partial charge on any atom is 0.328 e. The number of carbonyl (C=O) groups is 2. The summed E-state index contributed by atoms with van der Waals surface area (Å²) in [6, 6.07) is 3.16. The molecule has 0 atom stereocenters. The Kier molecular flexibility index (Phi) is 4.75. The van der Waals surface area contributed by atoms with Gasteiger partial charge in [-0.3, -0.25) is 14.9 Å². The standard InChI is InChI=1S/C13H13N5O3/c19-12(20)4-2-9-1-3-10(15-7-9)13(21)14-6-5-11-16-8-17-18-11/h1-4,7-8H,5-6H2,(H,14,21)(H,19,20)(H,16,17,18). The maximum absolute atomic E-state index is 11.8. The second-order valence-electron chi connectivity index (χ2n) is 4.09. The third-order valence-electron chi connectivity index (χ3n) is 2.55. The fourth-order valence-electron chi connectivity index (χ4n) is 1.54. The predicted molar refractivity (Wildman–Crippen MR) is 73.3 cm³/mol. The molecule has 3 N–H and O–H groups in total. The number of hydrogen-bond acceptors (Lipinski definition) is 5. The molecule has 0 spiro atoms. The normalized spacial score (nSPS) is 10.7. The Balaban J connectivity index is 1.86. The summed E-state index contributed by atoms with van der Waals surface area (Å²) in [6.45, 7) is 0.413. The number of amides is 1. The van der Waals surface area contributed by atoms with Crippen molar-refractivity contribution in [3.63, 3.8) is 0 Å². The molecule has 0 aliphatic carbocycles. The molecule has 0 unspecified atom stereocenters. The van der Waals surface area contributed by atoms with Crippen LogP contribution in [0.15, 0.2) is 30.7 Å². The molecule has 108 valence electrons. The minimum Gasteiger partial charge on any atom is -0.478 e. The first-order valence-electron chi connectivity index (χ1n) is 6.14. The van der Waals surface area contributed by atoms with Crippen LogP contribution in [0.2, 0.25) is 0 Å². The van der Waals surface area contributed by atoms with Gasteiger partial charge in [0, 0.05) is 25.2 Å². The van der Waals surface area contributed by atoms with E-state index in [-0.39, 0.29) is 11.6 Å². The Morgan fingerprint density at radius 3 is 2.81 bits per heavy atom. The van der Waals surface area contributed by atoms with Crippen LogP contribution in [0.25, 0.3) is 6.08 Å². The molecule has 0 aliphatic heterocycles. The number of H-pyrrole nitrogens is 1. The van der Waals surface area contributed by atoms with Crippen LogP contribution < -0.4 is 5.32 Å². The van der Waals surface area contributed by atoms with Crippen molar-refractivity contribution < 1.29 is 14.7 Å². The molecule has 0 aliphatic rings. The first kappa shape index (κ1) is 14.4. The van der Waals surface area contributed by atoms with E-state index >= 15 is 0 Å². The van der Waals surface area contributed by atoms with E-state index in [0.29, 0.717) is 24.4 Å². The highest BCUT2D eigenvalue weighted by Gasteiger charge is 2.06. The van der Waals surface area contributed by atoms with Crippen molar-refractivity contribution in [2.75, 3.05) is 6.54 Å². The first-order chi connectivity index (χ1) is 10.1. The molecule has 21 heavy (non-hydrogen) atoms. The maximum atomic E-state index is 11.8. The summed E-state index contributed by atoms with van der Waals surface area (Å²) >= 11 is 0. The fourth-order valence-corrected chi connectivity index (χ4v) is 1.54. The summed E-state index contributed by atoms with van der Waals surface area (Å²) in [5.74, 6) is -0.648. The van der Waals surface area contributed by atoms with Crippen LogP contribution in [-0.4, -0.2) is 43.7 Å². The largest absolute Gasteiger partial charge is 0.478 e. The minimum atomic E-state index is -1.04. The molecule has 8 heteroatoms. The lowest BCUT2D eigenvalue weighted by Gasteiger charge is -2.03. The van der Waals surface area contributed by atoms with Gasteiger partial charge in [-0.05, 0) is 17.7 Å². The molecular formula is C13H13N5O3. The number of hydrogen-bond donors (Lipinski definition) is 3. The van der Waals surface area contributed by atoms with E-state index < -0.39 is 5.97 Å². The van der Waals surface area contributed by atoms with Crippen LogP contribution >= 0.6 is 0 Å². The summed E-state index contributed by atoms with van der Waals surface area (Å²) in [5, 5.41) is 17.6. The first-order valence-corrected chi connectivity index (χ1v) is 6.14. The number of carbonyl (C=O) groups excluding carboxylic acids is 1. The zero-order chi connectivity index (χ0) is 15.1. The van der Waals surface area contributed by atoms with Crippen molar-refractivity contribution in [1.29, 1.82) is 0 Å². The zero-order valence-electron chi connectivity index (χ0n) is 11.0. The highest BCUT2D eigenvalue weighted by atomic mass is 16.4. The topological polar surface area (TPSA) is 121 Å². The van der Waals surface area contributed by atoms with Gasteiger partial charge in [-0.1, -0.05) is 6.07 Å². The van der Waals surface area contributed by atoms with E-state index in [2.05, 4.69) is 25.5 Å². The van der Waals surface area contributed by atoms with Crippen LogP contribution in [0.5, 0.6) is 0 Å². The van der Waals surface area contributed by atoms with Crippen LogP contribution in [0.4, 0.5) is 0 Å². The van der Waals surface area contributed by atoms with Gasteiger partial charge in [-0.15, -0.1) is 0 Å². The fraction of sp³-hybridized carbons (Fsp3) is 0.154. The quantitative estimate of drug-likeness (QED) is 0.656. The monoisotopic (exact) mass is 287 g/mol. The smallest absolute Gasteiger partial charge is 0.328 e. The number of pyridine rings is 1. The van der Waals surface area contributed by atoms with Crippen molar-refractivity contribution in [3.05, 3.63) is 47.8 Å². The van der Waals surface area contributed by atoms with Gasteiger partial charge < -0.3 is 10.4 Å². The van der Waals surface area contributed by atoms with Crippen LogP contribution in [0.1, 0.15) is 21.9 Å². The summed E-state index contributed by atoms with van der Waals surface area (Å²) in [5.41, 5.74) is 0.871. The Morgan fingerprint density at radius 2 is 2.19 bits per heavy atom. The average molecular weight is 287 g/mol. The zero-order valence-corrected chi connectivity index (χ0v) is 11.0. The van der Waals surface area contributed by atoms with Crippen LogP contribution in [0.3, 0.4) is 0 Å². The van der Waals surface area contributed by atoms with E-state index in [4.69, 9.17) is 5.11 Å². The molecule has 2 aromatic rings.